The number of likely N-dealkylation sites (N-methyl/N-ethyl adjacent to an activating group) is 1. The second-order valence-corrected chi connectivity index (χ2v) is 22.6. The van der Waals surface area contributed by atoms with Crippen molar-refractivity contribution in [1.29, 1.82) is 5.41 Å². The van der Waals surface area contributed by atoms with Crippen LogP contribution in [0.1, 0.15) is 130 Å². The van der Waals surface area contributed by atoms with Crippen LogP contribution in [0.15, 0.2) is 81.2 Å². The van der Waals surface area contributed by atoms with E-state index in [2.05, 4.69) is 36.6 Å². The number of carbonyl (C=O) groups excluding carboxylic acids is 6. The summed E-state index contributed by atoms with van der Waals surface area (Å²) in [6.45, 7) is 16.2. The number of benzene rings is 2. The Bertz CT molecular complexity index is 2750. The van der Waals surface area contributed by atoms with Crippen LogP contribution in [0, 0.1) is 5.41 Å². The molecule has 3 heterocycles. The number of fused-ring (bicyclic) bond motifs is 3. The van der Waals surface area contributed by atoms with Crippen LogP contribution in [-0.4, -0.2) is 105 Å². The van der Waals surface area contributed by atoms with E-state index >= 15 is 9.59 Å². The van der Waals surface area contributed by atoms with E-state index in [-0.39, 0.29) is 67.7 Å². The van der Waals surface area contributed by atoms with Crippen molar-refractivity contribution < 1.29 is 43.0 Å². The lowest BCUT2D eigenvalue weighted by Crippen LogP contribution is -2.57. The largest absolute Gasteiger partial charge is 0.460 e. The maximum Gasteiger partial charge on any atom is 0.419 e. The number of amidine groups is 1. The van der Waals surface area contributed by atoms with Crippen molar-refractivity contribution in [1.82, 2.24) is 35.7 Å². The van der Waals surface area contributed by atoms with Gasteiger partial charge in [-0.1, -0.05) is 59.3 Å². The van der Waals surface area contributed by atoms with Gasteiger partial charge in [0.05, 0.1) is 16.6 Å². The first-order valence-corrected chi connectivity index (χ1v) is 26.2. The molecule has 0 saturated carbocycles. The second kappa shape index (κ2) is 26.3. The van der Waals surface area contributed by atoms with Crippen molar-refractivity contribution in [2.45, 2.75) is 172 Å². The average molecular weight is 1070 g/mol. The number of pyridine rings is 1. The van der Waals surface area contributed by atoms with Gasteiger partial charge in [-0.15, -0.1) is 5.11 Å². The van der Waals surface area contributed by atoms with Crippen molar-refractivity contribution in [2.24, 2.45) is 16.2 Å². The normalized spacial score (nSPS) is 17.3. The van der Waals surface area contributed by atoms with Gasteiger partial charge in [0.15, 0.2) is 5.84 Å². The molecule has 2 aromatic heterocycles. The molecule has 0 bridgehead atoms. The van der Waals surface area contributed by atoms with Gasteiger partial charge in [0.25, 0.3) is 0 Å². The smallest absolute Gasteiger partial charge is 0.419 e. The highest BCUT2D eigenvalue weighted by Gasteiger charge is 2.35. The summed E-state index contributed by atoms with van der Waals surface area (Å²) in [6, 6.07) is 10.7. The first-order valence-electron chi connectivity index (χ1n) is 25.0. The Morgan fingerprint density at radius 2 is 1.55 bits per heavy atom. The molecule has 0 saturated heterocycles. The Morgan fingerprint density at radius 1 is 0.867 bits per heavy atom. The first kappa shape index (κ1) is 59.3. The molecule has 2 aromatic carbocycles. The average Bonchev–Trinajstić information content (AvgIpc) is 3.69. The SMILES string of the molecule is CN1C(=O)[C@H](CCCCNC(=O)OC(C)(C)C)NC(=O)[C@H](CCCCC(=O)OC(C)(C)C)NCc2cccnc2Sc2c(Cl)cc(C(=N)N=NN)cc2CNC(=O)[C@@H]1Cc1cn(C(=O)OC(C)(C)C)c2ccccc12. The number of aromatic nitrogens is 2. The van der Waals surface area contributed by atoms with Crippen LogP contribution in [-0.2, 0) is 52.9 Å². The lowest BCUT2D eigenvalue weighted by molar-refractivity contribution is -0.155. The van der Waals surface area contributed by atoms with Gasteiger partial charge < -0.3 is 46.2 Å². The molecular formula is C53H72ClN11O9S. The van der Waals surface area contributed by atoms with Crippen LogP contribution < -0.4 is 27.1 Å². The Balaban J connectivity index is 1.61. The van der Waals surface area contributed by atoms with E-state index in [1.807, 2.05) is 12.1 Å². The zero-order valence-corrected chi connectivity index (χ0v) is 46.1. The number of nitrogens with two attached hydrogens (primary N) is 1. The van der Waals surface area contributed by atoms with E-state index in [4.69, 9.17) is 37.1 Å². The third kappa shape index (κ3) is 18.1. The zero-order chi connectivity index (χ0) is 55.3. The monoisotopic (exact) mass is 1070 g/mol. The number of carbonyl (C=O) groups is 6. The Morgan fingerprint density at radius 3 is 2.24 bits per heavy atom. The van der Waals surface area contributed by atoms with Crippen LogP contribution in [0.2, 0.25) is 5.02 Å². The molecule has 0 unspecified atom stereocenters. The molecule has 5 rings (SSSR count). The molecule has 0 spiro atoms. The number of ether oxygens (including phenoxy) is 3. The number of rotatable bonds is 13. The fourth-order valence-corrected chi connectivity index (χ4v) is 9.51. The van der Waals surface area contributed by atoms with Crippen molar-refractivity contribution in [3.63, 3.8) is 0 Å². The van der Waals surface area contributed by atoms with E-state index in [0.717, 1.165) is 0 Å². The number of hydrogen-bond acceptors (Lipinski definition) is 14. The molecule has 3 atom stereocenters. The number of hydrogen-bond donors (Lipinski definition) is 6. The summed E-state index contributed by atoms with van der Waals surface area (Å²) in [6.07, 6.45) is 4.07. The topological polar surface area (TPSA) is 274 Å². The van der Waals surface area contributed by atoms with Crippen molar-refractivity contribution in [2.75, 3.05) is 13.6 Å². The van der Waals surface area contributed by atoms with E-state index in [0.29, 0.717) is 63.2 Å². The molecule has 1 aliphatic heterocycles. The molecule has 1 aliphatic rings. The fraction of sp³-hybridized carbons (Fsp3) is 0.509. The van der Waals surface area contributed by atoms with Crippen LogP contribution in [0.4, 0.5) is 9.59 Å². The van der Waals surface area contributed by atoms with Crippen molar-refractivity contribution >= 4 is 76.0 Å². The van der Waals surface area contributed by atoms with E-state index < -0.39 is 64.8 Å². The maximum atomic E-state index is 15.2. The van der Waals surface area contributed by atoms with Gasteiger partial charge >= 0.3 is 18.2 Å². The maximum absolute atomic E-state index is 15.2. The Labute approximate surface area is 447 Å². The highest BCUT2D eigenvalue weighted by atomic mass is 35.5. The summed E-state index contributed by atoms with van der Waals surface area (Å²) < 4.78 is 18.1. The number of esters is 1. The van der Waals surface area contributed by atoms with Crippen LogP contribution in [0.5, 0.6) is 0 Å². The minimum Gasteiger partial charge on any atom is -0.460 e. The number of nitrogens with zero attached hydrogens (tertiary/aromatic N) is 5. The molecule has 0 radical (unpaired) electrons. The Hall–Kier alpha value is -6.58. The van der Waals surface area contributed by atoms with Crippen molar-refractivity contribution in [3.05, 3.63) is 88.2 Å². The minimum absolute atomic E-state index is 0.0894. The first-order chi connectivity index (χ1) is 35.2. The van der Waals surface area contributed by atoms with Gasteiger partial charge in [-0.3, -0.25) is 29.2 Å². The Kier molecular flexibility index (Phi) is 20.8. The van der Waals surface area contributed by atoms with E-state index in [1.54, 1.807) is 105 Å². The van der Waals surface area contributed by atoms with E-state index in [1.165, 1.54) is 34.3 Å². The molecule has 20 nitrogen and oxygen atoms in total. The molecule has 4 aromatic rings. The van der Waals surface area contributed by atoms with Crippen LogP contribution in [0.25, 0.3) is 10.9 Å². The van der Waals surface area contributed by atoms with Gasteiger partial charge in [-0.25, -0.2) is 14.6 Å². The highest BCUT2D eigenvalue weighted by molar-refractivity contribution is 7.99. The summed E-state index contributed by atoms with van der Waals surface area (Å²) in [7, 11) is 1.49. The van der Waals surface area contributed by atoms with Gasteiger partial charge in [0, 0.05) is 67.8 Å². The number of para-hydroxylation sites is 1. The lowest BCUT2D eigenvalue weighted by atomic mass is 10.0. The number of nitrogens with one attached hydrogen (secondary N) is 5. The third-order valence-corrected chi connectivity index (χ3v) is 13.2. The quantitative estimate of drug-likeness (QED) is 0.0107. The fourth-order valence-electron chi connectivity index (χ4n) is 8.16. The van der Waals surface area contributed by atoms with Crippen molar-refractivity contribution in [3.8, 4) is 0 Å². The molecule has 75 heavy (non-hydrogen) atoms. The van der Waals surface area contributed by atoms with Gasteiger partial charge in [0.1, 0.15) is 33.9 Å². The summed E-state index contributed by atoms with van der Waals surface area (Å²) in [5.74, 6) is 3.02. The van der Waals surface area contributed by atoms with Crippen LogP contribution in [0.3, 0.4) is 0 Å². The van der Waals surface area contributed by atoms with E-state index in [9.17, 15) is 19.2 Å². The third-order valence-electron chi connectivity index (χ3n) is 11.6. The van der Waals surface area contributed by atoms with Gasteiger partial charge in [-0.2, -0.15) is 0 Å². The molecule has 22 heteroatoms. The zero-order valence-electron chi connectivity index (χ0n) is 44.6. The number of halogens is 1. The summed E-state index contributed by atoms with van der Waals surface area (Å²) in [5, 5.41) is 29.1. The molecule has 406 valence electrons. The summed E-state index contributed by atoms with van der Waals surface area (Å²) in [5.41, 5.74) is 0.329. The summed E-state index contributed by atoms with van der Waals surface area (Å²) >= 11 is 8.25. The molecule has 4 amide bonds. The second-order valence-electron chi connectivity index (χ2n) is 21.2. The minimum atomic E-state index is -1.25. The van der Waals surface area contributed by atoms with Gasteiger partial charge in [0.2, 0.25) is 17.7 Å². The number of alkyl carbamates (subject to hydrolysis) is 1. The predicted octanol–water partition coefficient (Wildman–Crippen LogP) is 8.51. The number of unbranched alkanes of at least 4 members (excludes halogenated alkanes) is 2. The summed E-state index contributed by atoms with van der Waals surface area (Å²) in [4.78, 5) is 90.3. The molecular weight excluding hydrogens is 1000 g/mol. The number of amides is 4. The lowest BCUT2D eigenvalue weighted by Gasteiger charge is -2.32. The molecule has 0 fully saturated rings. The molecule has 7 N–H and O–H groups in total. The standard InChI is InChI=1S/C53H72ClN11O9S/c1-51(2,3)72-42(66)23-14-12-20-38-45(67)61-39(21-15-16-24-58-49(70)73-52(4,5)6)48(69)64(10)41(28-35-31-65(50(71)74-53(7,8)9)40-22-13-11-19-36(35)40)46(68)60-30-34-26-33(44(55)62-63-56)27-37(54)43(34)75-47-32(29-59-38)18-17-25-57-47/h11,13,17-19,22,25-27,31,38-39,41,59H,12,14-16,20-21,23-24,28-30H2,1-10H3,(H,58,70)(H,60,68)(H,61,67)(H3,55,56,62)/t38-,39-,41-/m0/s1. The predicted molar refractivity (Wildman–Crippen MR) is 286 cm³/mol. The van der Waals surface area contributed by atoms with Crippen LogP contribution >= 0.6 is 23.4 Å². The molecule has 0 aliphatic carbocycles. The van der Waals surface area contributed by atoms with Gasteiger partial charge in [-0.05, 0) is 135 Å². The highest BCUT2D eigenvalue weighted by Crippen LogP contribution is 2.38.